The van der Waals surface area contributed by atoms with Gasteiger partial charge in [-0.25, -0.2) is 0 Å². The van der Waals surface area contributed by atoms with Crippen LogP contribution in [0.3, 0.4) is 0 Å². The van der Waals surface area contributed by atoms with Crippen LogP contribution in [0, 0.1) is 5.92 Å². The van der Waals surface area contributed by atoms with Crippen molar-refractivity contribution in [2.24, 2.45) is 11.7 Å². The number of rotatable bonds is 6. The molecule has 0 rings (SSSR count). The molecular weight excluding hydrogens is 226 g/mol. The highest BCUT2D eigenvalue weighted by Gasteiger charge is 2.16. The van der Waals surface area contributed by atoms with E-state index in [1.165, 1.54) is 0 Å². The van der Waals surface area contributed by atoms with Crippen molar-refractivity contribution in [3.05, 3.63) is 0 Å². The van der Waals surface area contributed by atoms with Gasteiger partial charge in [-0.2, -0.15) is 0 Å². The van der Waals surface area contributed by atoms with Crippen LogP contribution in [0.4, 0.5) is 0 Å². The second-order valence-electron chi connectivity index (χ2n) is 4.89. The van der Waals surface area contributed by atoms with Crippen molar-refractivity contribution in [2.45, 2.75) is 39.3 Å². The van der Waals surface area contributed by atoms with E-state index < -0.39 is 6.04 Å². The first-order chi connectivity index (χ1) is 6.82. The zero-order valence-electron chi connectivity index (χ0n) is 11.0. The van der Waals surface area contributed by atoms with Crippen molar-refractivity contribution in [3.8, 4) is 0 Å². The second-order valence-corrected chi connectivity index (χ2v) is 4.89. The van der Waals surface area contributed by atoms with Crippen LogP contribution in [-0.2, 0) is 4.79 Å². The topological polar surface area (TPSA) is 58.4 Å². The van der Waals surface area contributed by atoms with Crippen LogP contribution in [0.5, 0.6) is 0 Å². The maximum Gasteiger partial charge on any atom is 0.236 e. The SMILES string of the molecule is CC(C)CC(CN(C)C)NC(=O)C(C)N.Cl. The molecule has 2 atom stereocenters. The molecule has 98 valence electrons. The first-order valence-corrected chi connectivity index (χ1v) is 5.53. The van der Waals surface area contributed by atoms with E-state index >= 15 is 0 Å². The zero-order valence-corrected chi connectivity index (χ0v) is 11.8. The lowest BCUT2D eigenvalue weighted by molar-refractivity contribution is -0.122. The Balaban J connectivity index is 0. The zero-order chi connectivity index (χ0) is 12.0. The van der Waals surface area contributed by atoms with Crippen LogP contribution in [-0.4, -0.2) is 43.5 Å². The quantitative estimate of drug-likeness (QED) is 0.736. The molecule has 0 fully saturated rings. The van der Waals surface area contributed by atoms with Gasteiger partial charge in [0.2, 0.25) is 5.91 Å². The van der Waals surface area contributed by atoms with Crippen LogP contribution in [0.25, 0.3) is 0 Å². The number of nitrogens with one attached hydrogen (secondary N) is 1. The molecule has 0 heterocycles. The van der Waals surface area contributed by atoms with Crippen LogP contribution in [0.1, 0.15) is 27.2 Å². The number of amides is 1. The predicted molar refractivity (Wildman–Crippen MR) is 70.8 cm³/mol. The molecular formula is C11H26ClN3O. The fourth-order valence-corrected chi connectivity index (χ4v) is 1.52. The molecule has 0 saturated heterocycles. The van der Waals surface area contributed by atoms with Gasteiger partial charge in [0.05, 0.1) is 6.04 Å². The monoisotopic (exact) mass is 251 g/mol. The van der Waals surface area contributed by atoms with E-state index in [1.54, 1.807) is 6.92 Å². The lowest BCUT2D eigenvalue weighted by atomic mass is 10.0. The van der Waals surface area contributed by atoms with Crippen LogP contribution < -0.4 is 11.1 Å². The molecule has 0 aromatic heterocycles. The van der Waals surface area contributed by atoms with Gasteiger partial charge < -0.3 is 16.0 Å². The largest absolute Gasteiger partial charge is 0.351 e. The summed E-state index contributed by atoms with van der Waals surface area (Å²) in [5.41, 5.74) is 5.52. The minimum absolute atomic E-state index is 0. The van der Waals surface area contributed by atoms with Crippen molar-refractivity contribution < 1.29 is 4.79 Å². The summed E-state index contributed by atoms with van der Waals surface area (Å²) in [4.78, 5) is 13.5. The Morgan fingerprint density at radius 2 is 1.81 bits per heavy atom. The summed E-state index contributed by atoms with van der Waals surface area (Å²) in [6.07, 6.45) is 0.983. The number of carbonyl (C=O) groups is 1. The van der Waals surface area contributed by atoms with Crippen molar-refractivity contribution >= 4 is 18.3 Å². The number of carbonyl (C=O) groups excluding carboxylic acids is 1. The highest BCUT2D eigenvalue weighted by atomic mass is 35.5. The average molecular weight is 252 g/mol. The number of likely N-dealkylation sites (N-methyl/N-ethyl adjacent to an activating group) is 1. The highest BCUT2D eigenvalue weighted by molar-refractivity contribution is 5.85. The van der Waals surface area contributed by atoms with Gasteiger partial charge in [0.15, 0.2) is 0 Å². The molecule has 5 heteroatoms. The third-order valence-corrected chi connectivity index (χ3v) is 2.10. The number of nitrogens with zero attached hydrogens (tertiary/aromatic N) is 1. The molecule has 0 saturated carbocycles. The molecule has 3 N–H and O–H groups in total. The molecule has 0 radical (unpaired) electrons. The summed E-state index contributed by atoms with van der Waals surface area (Å²) in [5.74, 6) is 0.505. The van der Waals surface area contributed by atoms with Crippen molar-refractivity contribution in [2.75, 3.05) is 20.6 Å². The lowest BCUT2D eigenvalue weighted by Crippen LogP contribution is -2.48. The number of hydrogen-bond donors (Lipinski definition) is 2. The summed E-state index contributed by atoms with van der Waals surface area (Å²) < 4.78 is 0. The van der Waals surface area contributed by atoms with Gasteiger partial charge >= 0.3 is 0 Å². The Morgan fingerprint density at radius 3 is 2.12 bits per heavy atom. The normalized spacial score (nSPS) is 14.5. The molecule has 2 unspecified atom stereocenters. The Kier molecular flexibility index (Phi) is 9.92. The van der Waals surface area contributed by atoms with E-state index in [2.05, 4.69) is 24.1 Å². The molecule has 0 aliphatic carbocycles. The first kappa shape index (κ1) is 18.1. The first-order valence-electron chi connectivity index (χ1n) is 5.53. The lowest BCUT2D eigenvalue weighted by Gasteiger charge is -2.24. The third kappa shape index (κ3) is 8.95. The number of halogens is 1. The van der Waals surface area contributed by atoms with Gasteiger partial charge in [0.1, 0.15) is 0 Å². The molecule has 16 heavy (non-hydrogen) atoms. The minimum Gasteiger partial charge on any atom is -0.351 e. The molecule has 1 amide bonds. The Bertz CT molecular complexity index is 186. The van der Waals surface area contributed by atoms with Gasteiger partial charge in [-0.15, -0.1) is 12.4 Å². The summed E-state index contributed by atoms with van der Waals surface area (Å²) in [6, 6.07) is -0.236. The smallest absolute Gasteiger partial charge is 0.236 e. The van der Waals surface area contributed by atoms with Crippen LogP contribution >= 0.6 is 12.4 Å². The van der Waals surface area contributed by atoms with E-state index in [0.717, 1.165) is 13.0 Å². The number of nitrogens with two attached hydrogens (primary N) is 1. The van der Waals surface area contributed by atoms with Crippen LogP contribution in [0.15, 0.2) is 0 Å². The third-order valence-electron chi connectivity index (χ3n) is 2.10. The second kappa shape index (κ2) is 8.79. The highest BCUT2D eigenvalue weighted by Crippen LogP contribution is 2.05. The summed E-state index contributed by atoms with van der Waals surface area (Å²) >= 11 is 0. The van der Waals surface area contributed by atoms with Crippen molar-refractivity contribution in [1.82, 2.24) is 10.2 Å². The fraction of sp³-hybridized carbons (Fsp3) is 0.909. The molecule has 0 bridgehead atoms. The molecule has 0 aliphatic rings. The summed E-state index contributed by atoms with van der Waals surface area (Å²) in [5, 5.41) is 2.97. The summed E-state index contributed by atoms with van der Waals surface area (Å²) in [7, 11) is 4.01. The van der Waals surface area contributed by atoms with Gasteiger partial charge in [-0.3, -0.25) is 4.79 Å². The molecule has 4 nitrogen and oxygen atoms in total. The molecule has 0 aliphatic heterocycles. The van der Waals surface area contributed by atoms with Gasteiger partial charge in [0, 0.05) is 12.6 Å². The van der Waals surface area contributed by atoms with E-state index in [0.29, 0.717) is 5.92 Å². The standard InChI is InChI=1S/C11H25N3O.ClH/c1-8(2)6-10(7-14(4)5)13-11(15)9(3)12;/h8-10H,6-7,12H2,1-5H3,(H,13,15);1H. The van der Waals surface area contributed by atoms with E-state index in [4.69, 9.17) is 5.73 Å². The van der Waals surface area contributed by atoms with Crippen molar-refractivity contribution in [3.63, 3.8) is 0 Å². The van der Waals surface area contributed by atoms with E-state index in [9.17, 15) is 4.79 Å². The average Bonchev–Trinajstić information content (AvgIpc) is 2.00. The minimum atomic E-state index is -0.429. The van der Waals surface area contributed by atoms with E-state index in [-0.39, 0.29) is 24.4 Å². The predicted octanol–water partition coefficient (Wildman–Crippen LogP) is 0.848. The van der Waals surface area contributed by atoms with Gasteiger partial charge in [-0.1, -0.05) is 13.8 Å². The van der Waals surface area contributed by atoms with Gasteiger partial charge in [-0.05, 0) is 33.4 Å². The summed E-state index contributed by atoms with van der Waals surface area (Å²) in [6.45, 7) is 6.87. The van der Waals surface area contributed by atoms with Crippen molar-refractivity contribution in [1.29, 1.82) is 0 Å². The molecule has 0 spiro atoms. The molecule has 0 aromatic rings. The van der Waals surface area contributed by atoms with Gasteiger partial charge in [0.25, 0.3) is 0 Å². The fourth-order valence-electron chi connectivity index (χ4n) is 1.52. The molecule has 0 aromatic carbocycles. The maximum atomic E-state index is 11.5. The van der Waals surface area contributed by atoms with Crippen LogP contribution in [0.2, 0.25) is 0 Å². The Morgan fingerprint density at radius 1 is 1.31 bits per heavy atom. The van der Waals surface area contributed by atoms with E-state index in [1.807, 2.05) is 14.1 Å². The Labute approximate surface area is 105 Å². The Hall–Kier alpha value is -0.320. The maximum absolute atomic E-state index is 11.5. The number of hydrogen-bond acceptors (Lipinski definition) is 3.